The van der Waals surface area contributed by atoms with Gasteiger partial charge in [-0.1, -0.05) is 23.7 Å². The molecular formula is C17H20ClNO2. The van der Waals surface area contributed by atoms with E-state index in [2.05, 4.69) is 0 Å². The Hall–Kier alpha value is -1.71. The third-order valence-electron chi connectivity index (χ3n) is 3.66. The van der Waals surface area contributed by atoms with Gasteiger partial charge < -0.3 is 15.2 Å². The maximum atomic E-state index is 6.40. The molecule has 0 radical (unpaired) electrons. The van der Waals surface area contributed by atoms with Gasteiger partial charge in [0.2, 0.25) is 0 Å². The van der Waals surface area contributed by atoms with Crippen LogP contribution >= 0.6 is 11.6 Å². The highest BCUT2D eigenvalue weighted by atomic mass is 35.5. The van der Waals surface area contributed by atoms with Gasteiger partial charge in [-0.3, -0.25) is 0 Å². The zero-order valence-corrected chi connectivity index (χ0v) is 13.5. The molecule has 0 aliphatic heterocycles. The Morgan fingerprint density at radius 3 is 2.14 bits per heavy atom. The van der Waals surface area contributed by atoms with Gasteiger partial charge in [-0.25, -0.2) is 0 Å². The van der Waals surface area contributed by atoms with Gasteiger partial charge in [-0.05, 0) is 54.3 Å². The summed E-state index contributed by atoms with van der Waals surface area (Å²) in [6.45, 7) is 3.98. The van der Waals surface area contributed by atoms with Crippen molar-refractivity contribution in [1.82, 2.24) is 0 Å². The van der Waals surface area contributed by atoms with Gasteiger partial charge in [0.15, 0.2) is 11.5 Å². The molecule has 1 unspecified atom stereocenters. The summed E-state index contributed by atoms with van der Waals surface area (Å²) in [4.78, 5) is 0. The van der Waals surface area contributed by atoms with Gasteiger partial charge in [-0.2, -0.15) is 0 Å². The molecule has 2 aromatic rings. The first-order valence-corrected chi connectivity index (χ1v) is 7.10. The van der Waals surface area contributed by atoms with Crippen molar-refractivity contribution in [3.05, 3.63) is 57.6 Å². The quantitative estimate of drug-likeness (QED) is 0.928. The molecule has 3 nitrogen and oxygen atoms in total. The maximum absolute atomic E-state index is 6.40. The summed E-state index contributed by atoms with van der Waals surface area (Å²) >= 11 is 6.19. The number of methoxy groups -OCH3 is 2. The van der Waals surface area contributed by atoms with E-state index in [-0.39, 0.29) is 6.04 Å². The van der Waals surface area contributed by atoms with Crippen LogP contribution in [-0.4, -0.2) is 14.2 Å². The van der Waals surface area contributed by atoms with E-state index in [1.807, 2.05) is 44.2 Å². The summed E-state index contributed by atoms with van der Waals surface area (Å²) in [5.41, 5.74) is 10.5. The lowest BCUT2D eigenvalue weighted by atomic mass is 9.94. The molecule has 21 heavy (non-hydrogen) atoms. The summed E-state index contributed by atoms with van der Waals surface area (Å²) in [7, 11) is 3.24. The molecule has 2 aromatic carbocycles. The van der Waals surface area contributed by atoms with E-state index in [4.69, 9.17) is 26.8 Å². The van der Waals surface area contributed by atoms with E-state index in [0.717, 1.165) is 27.3 Å². The molecule has 0 spiro atoms. The summed E-state index contributed by atoms with van der Waals surface area (Å²) in [5.74, 6) is 1.37. The van der Waals surface area contributed by atoms with Crippen LogP contribution in [0.15, 0.2) is 30.3 Å². The first-order chi connectivity index (χ1) is 9.97. The van der Waals surface area contributed by atoms with Crippen LogP contribution in [0.3, 0.4) is 0 Å². The standard InChI is InChI=1S/C17H20ClNO2/c1-10-5-6-12(8-14(10)18)17(19)13-9-16(21-4)15(20-3)7-11(13)2/h5-9,17H,19H2,1-4H3. The third kappa shape index (κ3) is 3.14. The van der Waals surface area contributed by atoms with E-state index in [9.17, 15) is 0 Å². The van der Waals surface area contributed by atoms with Crippen molar-refractivity contribution >= 4 is 11.6 Å². The van der Waals surface area contributed by atoms with Crippen LogP contribution in [0.4, 0.5) is 0 Å². The zero-order chi connectivity index (χ0) is 15.6. The summed E-state index contributed by atoms with van der Waals surface area (Å²) in [6, 6.07) is 9.49. The monoisotopic (exact) mass is 305 g/mol. The van der Waals surface area contributed by atoms with Crippen LogP contribution in [0.5, 0.6) is 11.5 Å². The smallest absolute Gasteiger partial charge is 0.161 e. The van der Waals surface area contributed by atoms with E-state index < -0.39 is 0 Å². The van der Waals surface area contributed by atoms with Crippen molar-refractivity contribution in [2.75, 3.05) is 14.2 Å². The molecule has 1 atom stereocenters. The molecule has 0 saturated carbocycles. The fraction of sp³-hybridized carbons (Fsp3) is 0.294. The minimum atomic E-state index is -0.261. The first kappa shape index (κ1) is 15.7. The predicted molar refractivity (Wildman–Crippen MR) is 86.5 cm³/mol. The third-order valence-corrected chi connectivity index (χ3v) is 4.07. The number of benzene rings is 2. The van der Waals surface area contributed by atoms with E-state index in [0.29, 0.717) is 11.5 Å². The second-order valence-corrected chi connectivity index (χ2v) is 5.46. The average molecular weight is 306 g/mol. The maximum Gasteiger partial charge on any atom is 0.161 e. The number of hydrogen-bond acceptors (Lipinski definition) is 3. The topological polar surface area (TPSA) is 44.5 Å². The first-order valence-electron chi connectivity index (χ1n) is 6.72. The summed E-state index contributed by atoms with van der Waals surface area (Å²) in [6.07, 6.45) is 0. The molecule has 112 valence electrons. The van der Waals surface area contributed by atoms with E-state index >= 15 is 0 Å². The lowest BCUT2D eigenvalue weighted by molar-refractivity contribution is 0.354. The van der Waals surface area contributed by atoms with Gasteiger partial charge in [0.1, 0.15) is 0 Å². The number of aryl methyl sites for hydroxylation is 2. The largest absolute Gasteiger partial charge is 0.493 e. The Balaban J connectivity index is 2.47. The highest BCUT2D eigenvalue weighted by Crippen LogP contribution is 2.34. The van der Waals surface area contributed by atoms with Gasteiger partial charge in [0.25, 0.3) is 0 Å². The van der Waals surface area contributed by atoms with Crippen LogP contribution in [-0.2, 0) is 0 Å². The molecule has 0 aromatic heterocycles. The summed E-state index contributed by atoms with van der Waals surface area (Å²) < 4.78 is 10.7. The second-order valence-electron chi connectivity index (χ2n) is 5.05. The Morgan fingerprint density at radius 2 is 1.57 bits per heavy atom. The molecule has 2 rings (SSSR count). The summed E-state index contributed by atoms with van der Waals surface area (Å²) in [5, 5.41) is 0.723. The SMILES string of the molecule is COc1cc(C)c(C(N)c2ccc(C)c(Cl)c2)cc1OC. The van der Waals surface area contributed by atoms with Crippen molar-refractivity contribution in [3.63, 3.8) is 0 Å². The van der Waals surface area contributed by atoms with Crippen LogP contribution in [0.1, 0.15) is 28.3 Å². The van der Waals surface area contributed by atoms with Crippen molar-refractivity contribution in [2.24, 2.45) is 5.73 Å². The van der Waals surface area contributed by atoms with E-state index in [1.54, 1.807) is 14.2 Å². The fourth-order valence-corrected chi connectivity index (χ4v) is 2.50. The minimum absolute atomic E-state index is 0.261. The van der Waals surface area contributed by atoms with E-state index in [1.165, 1.54) is 0 Å². The van der Waals surface area contributed by atoms with Crippen molar-refractivity contribution in [3.8, 4) is 11.5 Å². The lowest BCUT2D eigenvalue weighted by Crippen LogP contribution is -2.14. The molecule has 0 fully saturated rings. The van der Waals surface area contributed by atoms with Crippen molar-refractivity contribution in [1.29, 1.82) is 0 Å². The Bertz CT molecular complexity index is 655. The van der Waals surface area contributed by atoms with Crippen LogP contribution in [0.25, 0.3) is 0 Å². The number of halogens is 1. The molecule has 2 N–H and O–H groups in total. The molecule has 0 heterocycles. The van der Waals surface area contributed by atoms with Crippen molar-refractivity contribution in [2.45, 2.75) is 19.9 Å². The lowest BCUT2D eigenvalue weighted by Gasteiger charge is -2.19. The van der Waals surface area contributed by atoms with Gasteiger partial charge >= 0.3 is 0 Å². The van der Waals surface area contributed by atoms with Gasteiger partial charge in [0, 0.05) is 5.02 Å². The Morgan fingerprint density at radius 1 is 0.952 bits per heavy atom. The molecule has 0 aliphatic carbocycles. The molecule has 0 aliphatic rings. The highest BCUT2D eigenvalue weighted by Gasteiger charge is 2.16. The normalized spacial score (nSPS) is 12.1. The molecular weight excluding hydrogens is 286 g/mol. The number of rotatable bonds is 4. The molecule has 4 heteroatoms. The van der Waals surface area contributed by atoms with Gasteiger partial charge in [0.05, 0.1) is 20.3 Å². The number of hydrogen-bond donors (Lipinski definition) is 1. The van der Waals surface area contributed by atoms with Crippen LogP contribution in [0.2, 0.25) is 5.02 Å². The Labute approximate surface area is 130 Å². The zero-order valence-electron chi connectivity index (χ0n) is 12.7. The molecule has 0 saturated heterocycles. The number of ether oxygens (including phenoxy) is 2. The van der Waals surface area contributed by atoms with Crippen LogP contribution in [0, 0.1) is 13.8 Å². The average Bonchev–Trinajstić information content (AvgIpc) is 2.49. The van der Waals surface area contributed by atoms with Crippen LogP contribution < -0.4 is 15.2 Å². The Kier molecular flexibility index (Phi) is 4.76. The number of nitrogens with two attached hydrogens (primary N) is 1. The predicted octanol–water partition coefficient (Wildman–Crippen LogP) is 4.02. The highest BCUT2D eigenvalue weighted by molar-refractivity contribution is 6.31. The molecule has 0 amide bonds. The van der Waals surface area contributed by atoms with Crippen molar-refractivity contribution < 1.29 is 9.47 Å². The van der Waals surface area contributed by atoms with Gasteiger partial charge in [-0.15, -0.1) is 0 Å². The second kappa shape index (κ2) is 6.37. The fourth-order valence-electron chi connectivity index (χ4n) is 2.31. The molecule has 0 bridgehead atoms. The minimum Gasteiger partial charge on any atom is -0.493 e.